The number of halogens is 1. The van der Waals surface area contributed by atoms with Gasteiger partial charge in [-0.1, -0.05) is 28.1 Å². The molecule has 0 radical (unpaired) electrons. The van der Waals surface area contributed by atoms with Gasteiger partial charge in [-0.15, -0.1) is 0 Å². The molecule has 4 rings (SSSR count). The fourth-order valence-electron chi connectivity index (χ4n) is 3.31. The number of ether oxygens (including phenoxy) is 1. The summed E-state index contributed by atoms with van der Waals surface area (Å²) in [7, 11) is 0. The highest BCUT2D eigenvalue weighted by atomic mass is 79.9. The van der Waals surface area contributed by atoms with Gasteiger partial charge in [0.15, 0.2) is 5.78 Å². The number of fused-ring (bicyclic) bond motifs is 2. The van der Waals surface area contributed by atoms with Crippen molar-refractivity contribution < 1.29 is 9.53 Å². The molecule has 2 aromatic carbocycles. The lowest BCUT2D eigenvalue weighted by atomic mass is 9.97. The van der Waals surface area contributed by atoms with Gasteiger partial charge in [0, 0.05) is 16.5 Å². The van der Waals surface area contributed by atoms with Gasteiger partial charge in [0.1, 0.15) is 5.75 Å². The molecule has 1 aliphatic heterocycles. The molecule has 106 valence electrons. The summed E-state index contributed by atoms with van der Waals surface area (Å²) in [5.74, 6) is 0.827. The molecule has 0 amide bonds. The van der Waals surface area contributed by atoms with E-state index in [1.165, 1.54) is 17.5 Å². The van der Waals surface area contributed by atoms with Crippen molar-refractivity contribution >= 4 is 21.7 Å². The summed E-state index contributed by atoms with van der Waals surface area (Å²) in [5, 5.41) is 0. The lowest BCUT2D eigenvalue weighted by Gasteiger charge is -2.09. The van der Waals surface area contributed by atoms with Gasteiger partial charge < -0.3 is 4.74 Å². The second-order valence-electron chi connectivity index (χ2n) is 5.71. The van der Waals surface area contributed by atoms with E-state index in [4.69, 9.17) is 4.74 Å². The van der Waals surface area contributed by atoms with Gasteiger partial charge in [-0.2, -0.15) is 0 Å². The van der Waals surface area contributed by atoms with Gasteiger partial charge in [0.2, 0.25) is 0 Å². The smallest absolute Gasteiger partial charge is 0.196 e. The van der Waals surface area contributed by atoms with Crippen molar-refractivity contribution in [2.24, 2.45) is 0 Å². The number of rotatable bonds is 2. The number of benzene rings is 2. The zero-order valence-electron chi connectivity index (χ0n) is 11.6. The molecule has 21 heavy (non-hydrogen) atoms. The van der Waals surface area contributed by atoms with Crippen LogP contribution in [-0.2, 0) is 19.3 Å². The summed E-state index contributed by atoms with van der Waals surface area (Å²) in [6, 6.07) is 10.0. The van der Waals surface area contributed by atoms with Crippen LogP contribution in [-0.4, -0.2) is 12.4 Å². The molecule has 3 heteroatoms. The molecule has 2 aliphatic rings. The van der Waals surface area contributed by atoms with Crippen molar-refractivity contribution in [1.29, 1.82) is 0 Å². The zero-order chi connectivity index (χ0) is 14.4. The fraction of sp³-hybridized carbons (Fsp3) is 0.278. The maximum absolute atomic E-state index is 12.9. The highest BCUT2D eigenvalue weighted by Crippen LogP contribution is 2.35. The van der Waals surface area contributed by atoms with Crippen LogP contribution >= 0.6 is 15.9 Å². The Balaban J connectivity index is 1.79. The minimum absolute atomic E-state index is 0.0594. The van der Waals surface area contributed by atoms with Crippen LogP contribution in [0.15, 0.2) is 34.8 Å². The van der Waals surface area contributed by atoms with Crippen molar-refractivity contribution in [3.8, 4) is 5.75 Å². The Hall–Kier alpha value is -1.61. The number of hydrogen-bond donors (Lipinski definition) is 0. The van der Waals surface area contributed by atoms with Crippen molar-refractivity contribution in [2.45, 2.75) is 25.7 Å². The normalized spacial score (nSPS) is 15.5. The van der Waals surface area contributed by atoms with Gasteiger partial charge in [0.05, 0.1) is 12.2 Å². The first-order valence-corrected chi connectivity index (χ1v) is 8.13. The quantitative estimate of drug-likeness (QED) is 0.768. The van der Waals surface area contributed by atoms with Gasteiger partial charge in [0.25, 0.3) is 0 Å². The minimum Gasteiger partial charge on any atom is -0.492 e. The Morgan fingerprint density at radius 3 is 2.76 bits per heavy atom. The Morgan fingerprint density at radius 2 is 1.86 bits per heavy atom. The van der Waals surface area contributed by atoms with Crippen LogP contribution in [0.3, 0.4) is 0 Å². The van der Waals surface area contributed by atoms with E-state index in [1.54, 1.807) is 0 Å². The summed E-state index contributed by atoms with van der Waals surface area (Å²) in [6.45, 7) is 0.663. The number of carbonyl (C=O) groups excluding carboxylic acids is 1. The third kappa shape index (κ3) is 2.20. The number of hydrogen-bond acceptors (Lipinski definition) is 2. The Bertz CT molecular complexity index is 749. The molecular weight excluding hydrogens is 328 g/mol. The monoisotopic (exact) mass is 342 g/mol. The third-order valence-corrected chi connectivity index (χ3v) is 4.81. The third-order valence-electron chi connectivity index (χ3n) is 4.35. The fourth-order valence-corrected chi connectivity index (χ4v) is 3.81. The van der Waals surface area contributed by atoms with E-state index in [0.29, 0.717) is 12.2 Å². The van der Waals surface area contributed by atoms with Gasteiger partial charge >= 0.3 is 0 Å². The SMILES string of the molecule is O=C(c1ccc2c(c1)CCC2)c1cc(Br)cc2c1OCC2. The molecule has 2 aromatic rings. The molecule has 0 unspecified atom stereocenters. The largest absolute Gasteiger partial charge is 0.492 e. The van der Waals surface area contributed by atoms with Crippen LogP contribution in [0.5, 0.6) is 5.75 Å². The molecule has 0 spiro atoms. The average molecular weight is 343 g/mol. The molecule has 0 fully saturated rings. The molecular formula is C18H15BrO2. The maximum atomic E-state index is 12.9. The first-order valence-electron chi connectivity index (χ1n) is 7.34. The Kier molecular flexibility index (Phi) is 3.11. The topological polar surface area (TPSA) is 26.3 Å². The van der Waals surface area contributed by atoms with E-state index in [2.05, 4.69) is 28.1 Å². The summed E-state index contributed by atoms with van der Waals surface area (Å²) in [5.41, 5.74) is 5.28. The summed E-state index contributed by atoms with van der Waals surface area (Å²) in [6.07, 6.45) is 4.30. The first-order chi connectivity index (χ1) is 10.2. The molecule has 0 saturated carbocycles. The van der Waals surface area contributed by atoms with Crippen LogP contribution < -0.4 is 4.74 Å². The van der Waals surface area contributed by atoms with Crippen LogP contribution in [0.1, 0.15) is 39.0 Å². The van der Waals surface area contributed by atoms with Gasteiger partial charge in [-0.3, -0.25) is 4.79 Å². The number of ketones is 1. The molecule has 1 aliphatic carbocycles. The van der Waals surface area contributed by atoms with Crippen LogP contribution in [0, 0.1) is 0 Å². The molecule has 0 saturated heterocycles. The maximum Gasteiger partial charge on any atom is 0.196 e. The van der Waals surface area contributed by atoms with E-state index in [1.807, 2.05) is 18.2 Å². The molecule has 0 bridgehead atoms. The lowest BCUT2D eigenvalue weighted by molar-refractivity contribution is 0.103. The van der Waals surface area contributed by atoms with E-state index in [-0.39, 0.29) is 5.78 Å². The summed E-state index contributed by atoms with van der Waals surface area (Å²) >= 11 is 3.50. The van der Waals surface area contributed by atoms with Crippen molar-refractivity contribution in [1.82, 2.24) is 0 Å². The standard InChI is InChI=1S/C18H15BrO2/c19-15-9-14-6-7-21-18(14)16(10-15)17(20)13-5-4-11-2-1-3-12(11)8-13/h4-5,8-10H,1-3,6-7H2. The van der Waals surface area contributed by atoms with Gasteiger partial charge in [-0.05, 0) is 54.2 Å². The van der Waals surface area contributed by atoms with Crippen LogP contribution in [0.4, 0.5) is 0 Å². The average Bonchev–Trinajstić information content (AvgIpc) is 3.12. The van der Waals surface area contributed by atoms with E-state index >= 15 is 0 Å². The predicted molar refractivity (Wildman–Crippen MR) is 85.2 cm³/mol. The minimum atomic E-state index is 0.0594. The van der Waals surface area contributed by atoms with E-state index in [9.17, 15) is 4.79 Å². The highest BCUT2D eigenvalue weighted by molar-refractivity contribution is 9.10. The Labute approximate surface area is 132 Å². The Morgan fingerprint density at radius 1 is 1.00 bits per heavy atom. The van der Waals surface area contributed by atoms with Crippen LogP contribution in [0.25, 0.3) is 0 Å². The molecule has 0 aromatic heterocycles. The summed E-state index contributed by atoms with van der Waals surface area (Å²) < 4.78 is 6.62. The predicted octanol–water partition coefficient (Wildman–Crippen LogP) is 4.10. The lowest BCUT2D eigenvalue weighted by Crippen LogP contribution is -2.05. The van der Waals surface area contributed by atoms with Gasteiger partial charge in [-0.25, -0.2) is 0 Å². The zero-order valence-corrected chi connectivity index (χ0v) is 13.2. The second kappa shape index (κ2) is 4.99. The number of aryl methyl sites for hydroxylation is 2. The second-order valence-corrected chi connectivity index (χ2v) is 6.62. The number of carbonyl (C=O) groups is 1. The van der Waals surface area contributed by atoms with Crippen molar-refractivity contribution in [2.75, 3.05) is 6.61 Å². The van der Waals surface area contributed by atoms with Crippen molar-refractivity contribution in [3.63, 3.8) is 0 Å². The van der Waals surface area contributed by atoms with E-state index < -0.39 is 0 Å². The molecule has 0 N–H and O–H groups in total. The molecule has 2 nitrogen and oxygen atoms in total. The van der Waals surface area contributed by atoms with Crippen LogP contribution in [0.2, 0.25) is 0 Å². The molecule has 1 heterocycles. The highest BCUT2D eigenvalue weighted by Gasteiger charge is 2.23. The summed E-state index contributed by atoms with van der Waals surface area (Å²) in [4.78, 5) is 12.9. The van der Waals surface area contributed by atoms with E-state index in [0.717, 1.165) is 40.6 Å². The molecule has 0 atom stereocenters. The van der Waals surface area contributed by atoms with Crippen molar-refractivity contribution in [3.05, 3.63) is 62.6 Å². The first kappa shape index (κ1) is 13.1.